The zero-order valence-electron chi connectivity index (χ0n) is 24.5. The molecule has 3 rings (SSSR count). The number of nitrogens with one attached hydrogen (secondary N) is 3. The molecule has 0 unspecified atom stereocenters. The van der Waals surface area contributed by atoms with E-state index in [4.69, 9.17) is 14.7 Å². The van der Waals surface area contributed by atoms with Crippen molar-refractivity contribution in [3.05, 3.63) is 53.6 Å². The molecular weight excluding hydrogens is 547 g/mol. The van der Waals surface area contributed by atoms with E-state index < -0.39 is 48.5 Å². The number of hydrogen-bond donors (Lipinski definition) is 4. The Morgan fingerprint density at radius 1 is 1.05 bits per heavy atom. The highest BCUT2D eigenvalue weighted by atomic mass is 19.1. The molecule has 1 aliphatic heterocycles. The van der Waals surface area contributed by atoms with Crippen molar-refractivity contribution in [3.63, 3.8) is 0 Å². The quantitative estimate of drug-likeness (QED) is 0.234. The summed E-state index contributed by atoms with van der Waals surface area (Å²) in [5.41, 5.74) is 2.97. The van der Waals surface area contributed by atoms with Crippen LogP contribution in [0.1, 0.15) is 51.7 Å². The van der Waals surface area contributed by atoms with Crippen LogP contribution in [0.25, 0.3) is 0 Å². The lowest BCUT2D eigenvalue weighted by molar-refractivity contribution is -0.145. The van der Waals surface area contributed by atoms with Crippen LogP contribution in [0.4, 0.5) is 10.1 Å². The smallest absolute Gasteiger partial charge is 0.281 e. The van der Waals surface area contributed by atoms with E-state index in [0.29, 0.717) is 22.7 Å². The Morgan fingerprint density at radius 3 is 2.31 bits per heavy atom. The van der Waals surface area contributed by atoms with Crippen LogP contribution in [0.3, 0.4) is 0 Å². The predicted molar refractivity (Wildman–Crippen MR) is 153 cm³/mol. The third-order valence-corrected chi connectivity index (χ3v) is 6.77. The van der Waals surface area contributed by atoms with E-state index in [0.717, 1.165) is 5.56 Å². The highest BCUT2D eigenvalue weighted by Crippen LogP contribution is 2.29. The SMILES string of the molecule is CC[C@H](F)[C@H](NC(=O)CC(C)(C)C)C(=O)N1Cc2cc(OCC(=O)NO)ccc2C[C@H]1C(=O)Nc1ccc(OC)cc1. The van der Waals surface area contributed by atoms with Gasteiger partial charge in [0.1, 0.15) is 29.8 Å². The van der Waals surface area contributed by atoms with E-state index in [1.54, 1.807) is 49.4 Å². The molecule has 0 saturated heterocycles. The summed E-state index contributed by atoms with van der Waals surface area (Å²) in [6, 6.07) is 9.16. The van der Waals surface area contributed by atoms with E-state index in [-0.39, 0.29) is 31.2 Å². The average Bonchev–Trinajstić information content (AvgIpc) is 2.96. The number of anilines is 1. The second-order valence-electron chi connectivity index (χ2n) is 11.4. The molecule has 4 N–H and O–H groups in total. The van der Waals surface area contributed by atoms with Crippen LogP contribution < -0.4 is 25.6 Å². The first-order valence-corrected chi connectivity index (χ1v) is 13.7. The summed E-state index contributed by atoms with van der Waals surface area (Å²) in [6.07, 6.45) is -1.50. The predicted octanol–water partition coefficient (Wildman–Crippen LogP) is 3.14. The zero-order valence-corrected chi connectivity index (χ0v) is 24.5. The zero-order chi connectivity index (χ0) is 31.0. The lowest BCUT2D eigenvalue weighted by Gasteiger charge is -2.38. The van der Waals surface area contributed by atoms with Gasteiger partial charge in [-0.1, -0.05) is 33.8 Å². The van der Waals surface area contributed by atoms with Crippen LogP contribution in [0, 0.1) is 5.41 Å². The fourth-order valence-corrected chi connectivity index (χ4v) is 4.62. The van der Waals surface area contributed by atoms with Gasteiger partial charge < -0.3 is 25.0 Å². The number of ether oxygens (including phenoxy) is 2. The Balaban J connectivity index is 1.94. The van der Waals surface area contributed by atoms with Crippen molar-refractivity contribution in [3.8, 4) is 11.5 Å². The summed E-state index contributed by atoms with van der Waals surface area (Å²) in [4.78, 5) is 53.0. The third kappa shape index (κ3) is 8.65. The second-order valence-corrected chi connectivity index (χ2v) is 11.4. The van der Waals surface area contributed by atoms with Gasteiger partial charge in [-0.15, -0.1) is 0 Å². The molecule has 11 nitrogen and oxygen atoms in total. The lowest BCUT2D eigenvalue weighted by atomic mass is 9.91. The van der Waals surface area contributed by atoms with Gasteiger partial charge in [0.15, 0.2) is 6.61 Å². The van der Waals surface area contributed by atoms with Crippen molar-refractivity contribution in [2.24, 2.45) is 5.41 Å². The molecule has 3 atom stereocenters. The van der Waals surface area contributed by atoms with Crippen molar-refractivity contribution < 1.29 is 38.2 Å². The molecule has 0 radical (unpaired) electrons. The first-order valence-electron chi connectivity index (χ1n) is 13.7. The summed E-state index contributed by atoms with van der Waals surface area (Å²) < 4.78 is 25.8. The van der Waals surface area contributed by atoms with Crippen molar-refractivity contribution in [2.45, 2.75) is 71.8 Å². The molecule has 12 heteroatoms. The number of amides is 4. The summed E-state index contributed by atoms with van der Waals surface area (Å²) >= 11 is 0. The number of hydrogen-bond acceptors (Lipinski definition) is 7. The molecular formula is C30H39FN4O7. The number of fused-ring (bicyclic) bond motifs is 1. The number of carbonyl (C=O) groups excluding carboxylic acids is 4. The number of nitrogens with zero attached hydrogens (tertiary/aromatic N) is 1. The van der Waals surface area contributed by atoms with Gasteiger partial charge in [-0.2, -0.15) is 0 Å². The number of benzene rings is 2. The molecule has 0 bridgehead atoms. The van der Waals surface area contributed by atoms with Crippen LogP contribution in [0.2, 0.25) is 0 Å². The summed E-state index contributed by atoms with van der Waals surface area (Å²) in [5.74, 6) is -1.51. The van der Waals surface area contributed by atoms with Gasteiger partial charge in [-0.25, -0.2) is 9.87 Å². The maximum Gasteiger partial charge on any atom is 0.281 e. The van der Waals surface area contributed by atoms with Gasteiger partial charge >= 0.3 is 0 Å². The number of halogens is 1. The average molecular weight is 587 g/mol. The highest BCUT2D eigenvalue weighted by Gasteiger charge is 2.41. The van der Waals surface area contributed by atoms with Crippen molar-refractivity contribution >= 4 is 29.3 Å². The molecule has 4 amide bonds. The Labute approximate surface area is 244 Å². The number of alkyl halides is 1. The molecule has 1 aliphatic rings. The highest BCUT2D eigenvalue weighted by molar-refractivity contribution is 5.99. The fourth-order valence-electron chi connectivity index (χ4n) is 4.62. The Morgan fingerprint density at radius 2 is 1.71 bits per heavy atom. The molecule has 0 spiro atoms. The van der Waals surface area contributed by atoms with E-state index in [1.807, 2.05) is 20.8 Å². The molecule has 42 heavy (non-hydrogen) atoms. The molecule has 0 aromatic heterocycles. The van der Waals surface area contributed by atoms with E-state index in [9.17, 15) is 19.2 Å². The lowest BCUT2D eigenvalue weighted by Crippen LogP contribution is -2.59. The minimum Gasteiger partial charge on any atom is -0.497 e. The van der Waals surface area contributed by atoms with Crippen molar-refractivity contribution in [1.82, 2.24) is 15.7 Å². The second kappa shape index (κ2) is 14.1. The van der Waals surface area contributed by atoms with E-state index in [1.165, 1.54) is 17.5 Å². The summed E-state index contributed by atoms with van der Waals surface area (Å²) in [5, 5.41) is 14.1. The van der Waals surface area contributed by atoms with Gasteiger partial charge in [0.25, 0.3) is 5.91 Å². The molecule has 1 heterocycles. The maximum atomic E-state index is 15.3. The van der Waals surface area contributed by atoms with Gasteiger partial charge in [0.2, 0.25) is 17.7 Å². The summed E-state index contributed by atoms with van der Waals surface area (Å²) in [6.45, 7) is 6.66. The van der Waals surface area contributed by atoms with Gasteiger partial charge in [0, 0.05) is 25.1 Å². The Hall–Kier alpha value is -4.19. The first kappa shape index (κ1) is 32.3. The minimum atomic E-state index is -1.68. The third-order valence-electron chi connectivity index (χ3n) is 6.77. The Bertz CT molecular complexity index is 1280. The number of hydroxylamine groups is 1. The molecule has 2 aromatic carbocycles. The molecule has 0 fully saturated rings. The van der Waals surface area contributed by atoms with E-state index in [2.05, 4.69) is 10.6 Å². The molecule has 228 valence electrons. The normalized spacial score (nSPS) is 16.0. The number of rotatable bonds is 11. The number of methoxy groups -OCH3 is 1. The largest absolute Gasteiger partial charge is 0.497 e. The van der Waals surface area contributed by atoms with Crippen LogP contribution in [0.15, 0.2) is 42.5 Å². The minimum absolute atomic E-state index is 0.0236. The molecule has 0 saturated carbocycles. The van der Waals surface area contributed by atoms with E-state index >= 15 is 4.39 Å². The number of carbonyl (C=O) groups is 4. The van der Waals surface area contributed by atoms with Gasteiger partial charge in [-0.05, 0) is 59.4 Å². The molecule has 2 aromatic rings. The van der Waals surface area contributed by atoms with Crippen LogP contribution >= 0.6 is 0 Å². The van der Waals surface area contributed by atoms with Crippen molar-refractivity contribution in [2.75, 3.05) is 19.0 Å². The standard InChI is InChI=1S/C30H39FN4O7/c1-6-23(31)27(33-25(36)15-30(2,3)4)29(39)35-16-19-13-22(42-17-26(37)34-40)10-7-18(19)14-24(35)28(38)32-20-8-11-21(41-5)12-9-20/h7-13,23-24,27,40H,6,14-17H2,1-5H3,(H,32,38)(H,33,36)(H,34,37)/t23-,24-,27-/m0/s1. The monoisotopic (exact) mass is 586 g/mol. The van der Waals surface area contributed by atoms with Crippen molar-refractivity contribution in [1.29, 1.82) is 0 Å². The fraction of sp³-hybridized carbons (Fsp3) is 0.467. The maximum absolute atomic E-state index is 15.3. The van der Waals surface area contributed by atoms with Crippen LogP contribution in [-0.4, -0.2) is 65.7 Å². The Kier molecular flexibility index (Phi) is 10.9. The van der Waals surface area contributed by atoms with Gasteiger partial charge in [-0.3, -0.25) is 24.4 Å². The van der Waals surface area contributed by atoms with Gasteiger partial charge in [0.05, 0.1) is 7.11 Å². The topological polar surface area (TPSA) is 146 Å². The first-order chi connectivity index (χ1) is 19.8. The summed E-state index contributed by atoms with van der Waals surface area (Å²) in [7, 11) is 1.53. The molecule has 0 aliphatic carbocycles. The van der Waals surface area contributed by atoms with Crippen LogP contribution in [-0.2, 0) is 32.1 Å². The van der Waals surface area contributed by atoms with Crippen LogP contribution in [0.5, 0.6) is 11.5 Å².